The minimum Gasteiger partial charge on any atom is -0.402 e. The summed E-state index contributed by atoms with van der Waals surface area (Å²) in [7, 11) is 0. The van der Waals surface area contributed by atoms with Crippen molar-refractivity contribution in [3.8, 4) is 0 Å². The van der Waals surface area contributed by atoms with Gasteiger partial charge in [0.1, 0.15) is 0 Å². The van der Waals surface area contributed by atoms with E-state index in [1.807, 2.05) is 25.2 Å². The molecule has 0 aliphatic rings. The van der Waals surface area contributed by atoms with Crippen molar-refractivity contribution in [2.75, 3.05) is 11.9 Å². The summed E-state index contributed by atoms with van der Waals surface area (Å²) in [6.45, 7) is 16.4. The molecule has 24 heavy (non-hydrogen) atoms. The number of allylic oxidation sites excluding steroid dienone is 3. The van der Waals surface area contributed by atoms with Crippen LogP contribution in [-0.4, -0.2) is 23.5 Å². The molecule has 3 nitrogen and oxygen atoms in total. The van der Waals surface area contributed by atoms with E-state index in [1.54, 1.807) is 0 Å². The molecule has 0 amide bonds. The fourth-order valence-corrected chi connectivity index (χ4v) is 2.59. The van der Waals surface area contributed by atoms with E-state index in [4.69, 9.17) is 5.73 Å². The van der Waals surface area contributed by atoms with Crippen molar-refractivity contribution in [3.05, 3.63) is 65.9 Å². The molecule has 0 fully saturated rings. The van der Waals surface area contributed by atoms with E-state index >= 15 is 0 Å². The Morgan fingerprint density at radius 1 is 1.21 bits per heavy atom. The highest BCUT2D eigenvalue weighted by Gasteiger charge is 2.13. The molecule has 0 unspecified atom stereocenters. The van der Waals surface area contributed by atoms with Crippen molar-refractivity contribution in [2.45, 2.75) is 53.2 Å². The fourth-order valence-electron chi connectivity index (χ4n) is 2.59. The number of nitrogens with one attached hydrogen (secondary N) is 1. The maximum absolute atomic E-state index is 5.67. The predicted octanol–water partition coefficient (Wildman–Crippen LogP) is 4.69. The van der Waals surface area contributed by atoms with Gasteiger partial charge >= 0.3 is 0 Å². The third-order valence-corrected chi connectivity index (χ3v) is 3.94. The van der Waals surface area contributed by atoms with Crippen LogP contribution in [0.3, 0.4) is 0 Å². The zero-order valence-electron chi connectivity index (χ0n) is 15.8. The molecule has 0 radical (unpaired) electrons. The molecule has 0 aliphatic heterocycles. The average molecular weight is 328 g/mol. The molecule has 1 aromatic carbocycles. The van der Waals surface area contributed by atoms with Crippen LogP contribution in [0.1, 0.15) is 40.2 Å². The minimum absolute atomic E-state index is 0.531. The van der Waals surface area contributed by atoms with E-state index in [1.165, 1.54) is 5.56 Å². The number of hydrogen-bond acceptors (Lipinski definition) is 3. The lowest BCUT2D eigenvalue weighted by atomic mass is 10.1. The number of benzene rings is 1. The normalized spacial score (nSPS) is 13.0. The Morgan fingerprint density at radius 2 is 1.88 bits per heavy atom. The fraction of sp³-hybridized carbons (Fsp3) is 0.429. The Morgan fingerprint density at radius 3 is 2.42 bits per heavy atom. The quantitative estimate of drug-likeness (QED) is 0.646. The third kappa shape index (κ3) is 7.05. The van der Waals surface area contributed by atoms with Crippen LogP contribution in [0.2, 0.25) is 0 Å². The minimum atomic E-state index is 0.531. The molecule has 0 spiro atoms. The van der Waals surface area contributed by atoms with Gasteiger partial charge in [-0.2, -0.15) is 0 Å². The lowest BCUT2D eigenvalue weighted by molar-refractivity contribution is 0.166. The van der Waals surface area contributed by atoms with Gasteiger partial charge in [-0.05, 0) is 64.0 Å². The average Bonchev–Trinajstić information content (AvgIpc) is 2.52. The van der Waals surface area contributed by atoms with E-state index in [0.717, 1.165) is 30.0 Å². The van der Waals surface area contributed by atoms with Crippen LogP contribution >= 0.6 is 0 Å². The Bertz CT molecular complexity index is 571. The summed E-state index contributed by atoms with van der Waals surface area (Å²) in [4.78, 5) is 2.49. The van der Waals surface area contributed by atoms with Gasteiger partial charge in [-0.25, -0.2) is 0 Å². The zero-order valence-corrected chi connectivity index (χ0v) is 15.8. The van der Waals surface area contributed by atoms with Crippen molar-refractivity contribution >= 4 is 5.69 Å². The van der Waals surface area contributed by atoms with Gasteiger partial charge in [0.2, 0.25) is 0 Å². The van der Waals surface area contributed by atoms with E-state index in [-0.39, 0.29) is 0 Å². The van der Waals surface area contributed by atoms with Gasteiger partial charge in [0.25, 0.3) is 0 Å². The largest absolute Gasteiger partial charge is 0.402 e. The number of hydrogen-bond donors (Lipinski definition) is 2. The summed E-state index contributed by atoms with van der Waals surface area (Å²) >= 11 is 0. The van der Waals surface area contributed by atoms with Crippen molar-refractivity contribution in [2.24, 2.45) is 5.73 Å². The van der Waals surface area contributed by atoms with Gasteiger partial charge in [-0.1, -0.05) is 30.9 Å². The third-order valence-electron chi connectivity index (χ3n) is 3.94. The summed E-state index contributed by atoms with van der Waals surface area (Å²) < 4.78 is 0. The number of nitrogens with zero attached hydrogens (tertiary/aromatic N) is 1. The van der Waals surface area contributed by atoms with Crippen molar-refractivity contribution in [1.82, 2.24) is 4.90 Å². The molecule has 3 N–H and O–H groups in total. The molecule has 0 atom stereocenters. The van der Waals surface area contributed by atoms with E-state index in [2.05, 4.69) is 68.8 Å². The number of nitrogens with two attached hydrogens (primary N) is 1. The van der Waals surface area contributed by atoms with Crippen LogP contribution in [0.4, 0.5) is 5.69 Å². The Hall–Kier alpha value is -2.00. The molecule has 0 saturated heterocycles. The number of rotatable bonds is 9. The highest BCUT2D eigenvalue weighted by molar-refractivity contribution is 5.47. The van der Waals surface area contributed by atoms with Gasteiger partial charge in [-0.15, -0.1) is 0 Å². The predicted molar refractivity (Wildman–Crippen MR) is 107 cm³/mol. The monoisotopic (exact) mass is 327 g/mol. The molecule has 0 aliphatic carbocycles. The standard InChI is InChI=1S/C21H33N3/c1-7-19(12-11-18(6)22)14-23-21-10-8-9-20(13-21)15-24(16(2)3)17(4)5/h7-13,16-17,23H,1,14-15,22H2,2-6H3/b18-11+,19-12+. The first-order chi connectivity index (χ1) is 11.3. The lowest BCUT2D eigenvalue weighted by Gasteiger charge is -2.30. The molecule has 132 valence electrons. The second kappa shape index (κ2) is 9.99. The van der Waals surface area contributed by atoms with Crippen molar-refractivity contribution < 1.29 is 0 Å². The second-order valence-electron chi connectivity index (χ2n) is 6.77. The number of anilines is 1. The Kier molecular flexibility index (Phi) is 8.34. The van der Waals surface area contributed by atoms with Crippen LogP contribution < -0.4 is 11.1 Å². The van der Waals surface area contributed by atoms with Gasteiger partial charge in [0, 0.05) is 36.6 Å². The van der Waals surface area contributed by atoms with E-state index < -0.39 is 0 Å². The SMILES string of the molecule is C=C/C(=C\C=C(/C)N)CNc1cccc(CN(C(C)C)C(C)C)c1. The van der Waals surface area contributed by atoms with Crippen LogP contribution in [0.5, 0.6) is 0 Å². The summed E-state index contributed by atoms with van der Waals surface area (Å²) in [6, 6.07) is 9.68. The maximum atomic E-state index is 5.67. The highest BCUT2D eigenvalue weighted by atomic mass is 15.2. The molecule has 1 rings (SSSR count). The van der Waals surface area contributed by atoms with Crippen LogP contribution in [0.25, 0.3) is 0 Å². The summed E-state index contributed by atoms with van der Waals surface area (Å²) in [6.07, 6.45) is 5.76. The molecule has 0 bridgehead atoms. The molecule has 0 heterocycles. The van der Waals surface area contributed by atoms with Gasteiger partial charge < -0.3 is 11.1 Å². The van der Waals surface area contributed by atoms with Crippen LogP contribution in [-0.2, 0) is 6.54 Å². The molecule has 1 aromatic rings. The maximum Gasteiger partial charge on any atom is 0.0400 e. The summed E-state index contributed by atoms with van der Waals surface area (Å²) in [5, 5.41) is 3.46. The van der Waals surface area contributed by atoms with Crippen LogP contribution in [0.15, 0.2) is 60.3 Å². The zero-order chi connectivity index (χ0) is 18.1. The first kappa shape index (κ1) is 20.0. The van der Waals surface area contributed by atoms with Crippen molar-refractivity contribution in [3.63, 3.8) is 0 Å². The molecule has 0 aromatic heterocycles. The van der Waals surface area contributed by atoms with Gasteiger partial charge in [0.15, 0.2) is 0 Å². The van der Waals surface area contributed by atoms with Crippen LogP contribution in [0, 0.1) is 0 Å². The molecular formula is C21H33N3. The summed E-state index contributed by atoms with van der Waals surface area (Å²) in [5.74, 6) is 0. The summed E-state index contributed by atoms with van der Waals surface area (Å²) in [5.41, 5.74) is 10.0. The Balaban J connectivity index is 2.76. The first-order valence-corrected chi connectivity index (χ1v) is 8.67. The van der Waals surface area contributed by atoms with Gasteiger partial charge in [-0.3, -0.25) is 4.90 Å². The molecule has 0 saturated carbocycles. The topological polar surface area (TPSA) is 41.3 Å². The molecule has 3 heteroatoms. The van der Waals surface area contributed by atoms with Crippen molar-refractivity contribution in [1.29, 1.82) is 0 Å². The Labute approximate surface area is 147 Å². The smallest absolute Gasteiger partial charge is 0.0400 e. The van der Waals surface area contributed by atoms with E-state index in [0.29, 0.717) is 12.1 Å². The van der Waals surface area contributed by atoms with E-state index in [9.17, 15) is 0 Å². The molecular weight excluding hydrogens is 294 g/mol. The lowest BCUT2D eigenvalue weighted by Crippen LogP contribution is -2.36. The van der Waals surface area contributed by atoms with Gasteiger partial charge in [0.05, 0.1) is 0 Å². The highest BCUT2D eigenvalue weighted by Crippen LogP contribution is 2.16. The second-order valence-corrected chi connectivity index (χ2v) is 6.77. The first-order valence-electron chi connectivity index (χ1n) is 8.67.